The van der Waals surface area contributed by atoms with Crippen molar-refractivity contribution in [1.82, 2.24) is 9.80 Å². The Morgan fingerprint density at radius 3 is 2.20 bits per heavy atom. The van der Waals surface area contributed by atoms with Gasteiger partial charge in [0.05, 0.1) is 5.56 Å². The second kappa shape index (κ2) is 7.54. The molecule has 4 nitrogen and oxygen atoms in total. The molecule has 0 N–H and O–H groups in total. The Hall–Kier alpha value is -1.91. The monoisotopic (exact) mass is 346 g/mol. The minimum atomic E-state index is -0.484. The van der Waals surface area contributed by atoms with E-state index in [0.717, 1.165) is 13.1 Å². The van der Waals surface area contributed by atoms with Gasteiger partial charge in [0.2, 0.25) is 5.91 Å². The summed E-state index contributed by atoms with van der Waals surface area (Å²) < 4.78 is 13.8. The zero-order valence-electron chi connectivity index (χ0n) is 15.1. The lowest BCUT2D eigenvalue weighted by Gasteiger charge is -2.39. The van der Waals surface area contributed by atoms with Crippen LogP contribution >= 0.6 is 0 Å². The van der Waals surface area contributed by atoms with Crippen molar-refractivity contribution in [3.63, 3.8) is 0 Å². The lowest BCUT2D eigenvalue weighted by atomic mass is 9.89. The zero-order valence-corrected chi connectivity index (χ0v) is 15.1. The van der Waals surface area contributed by atoms with Crippen LogP contribution in [0.25, 0.3) is 0 Å². The van der Waals surface area contributed by atoms with Gasteiger partial charge < -0.3 is 9.80 Å². The molecule has 3 rings (SSSR count). The van der Waals surface area contributed by atoms with Crippen molar-refractivity contribution in [2.24, 2.45) is 17.8 Å². The molecule has 2 amide bonds. The van der Waals surface area contributed by atoms with E-state index in [2.05, 4.69) is 13.8 Å². The maximum atomic E-state index is 13.8. The summed E-state index contributed by atoms with van der Waals surface area (Å²) in [5.41, 5.74) is 0.117. The van der Waals surface area contributed by atoms with Crippen LogP contribution in [0.1, 0.15) is 43.5 Å². The van der Waals surface area contributed by atoms with E-state index in [4.69, 9.17) is 0 Å². The lowest BCUT2D eigenvalue weighted by Crippen LogP contribution is -2.48. The zero-order chi connectivity index (χ0) is 18.0. The van der Waals surface area contributed by atoms with Gasteiger partial charge in [0.1, 0.15) is 5.82 Å². The number of carbonyl (C=O) groups excluding carboxylic acids is 2. The van der Waals surface area contributed by atoms with Crippen molar-refractivity contribution in [1.29, 1.82) is 0 Å². The SMILES string of the molecule is CC1CC(C)CN(C(=O)C2CCN(C(=O)c3ccccc3F)CC2)C1. The molecule has 2 aliphatic rings. The van der Waals surface area contributed by atoms with E-state index in [9.17, 15) is 14.0 Å². The van der Waals surface area contributed by atoms with Crippen LogP contribution in [0, 0.1) is 23.6 Å². The number of halogens is 1. The van der Waals surface area contributed by atoms with Crippen LogP contribution < -0.4 is 0 Å². The van der Waals surface area contributed by atoms with Crippen LogP contribution in [-0.2, 0) is 4.79 Å². The molecule has 2 heterocycles. The highest BCUT2D eigenvalue weighted by molar-refractivity contribution is 5.94. The predicted molar refractivity (Wildman–Crippen MR) is 94.6 cm³/mol. The Kier molecular flexibility index (Phi) is 5.40. The van der Waals surface area contributed by atoms with E-state index in [0.29, 0.717) is 37.8 Å². The van der Waals surface area contributed by atoms with Gasteiger partial charge in [-0.1, -0.05) is 26.0 Å². The van der Waals surface area contributed by atoms with E-state index >= 15 is 0 Å². The average Bonchev–Trinajstić information content (AvgIpc) is 2.60. The number of benzene rings is 1. The molecule has 2 unspecified atom stereocenters. The molecule has 2 fully saturated rings. The molecule has 0 aliphatic carbocycles. The summed E-state index contributed by atoms with van der Waals surface area (Å²) in [5, 5.41) is 0. The molecular weight excluding hydrogens is 319 g/mol. The third-order valence-electron chi connectivity index (χ3n) is 5.42. The molecule has 0 spiro atoms. The number of piperidine rings is 2. The molecule has 1 aromatic rings. The van der Waals surface area contributed by atoms with E-state index in [1.54, 1.807) is 17.0 Å². The average molecular weight is 346 g/mol. The second-order valence-corrected chi connectivity index (χ2v) is 7.74. The van der Waals surface area contributed by atoms with E-state index < -0.39 is 5.82 Å². The minimum Gasteiger partial charge on any atom is -0.342 e. The molecule has 0 aromatic heterocycles. The first-order valence-electron chi connectivity index (χ1n) is 9.28. The van der Waals surface area contributed by atoms with Gasteiger partial charge in [-0.2, -0.15) is 0 Å². The minimum absolute atomic E-state index is 0.0119. The standard InChI is InChI=1S/C20H27FN2O2/c1-14-11-15(2)13-23(12-14)19(24)16-7-9-22(10-8-16)20(25)17-5-3-4-6-18(17)21/h3-6,14-16H,7-13H2,1-2H3. The summed E-state index contributed by atoms with van der Waals surface area (Å²) in [6.07, 6.45) is 2.51. The normalized spacial score (nSPS) is 25.1. The molecule has 136 valence electrons. The van der Waals surface area contributed by atoms with Gasteiger partial charge >= 0.3 is 0 Å². The smallest absolute Gasteiger partial charge is 0.256 e. The Balaban J connectivity index is 1.57. The highest BCUT2D eigenvalue weighted by atomic mass is 19.1. The number of nitrogens with zero attached hydrogens (tertiary/aromatic N) is 2. The second-order valence-electron chi connectivity index (χ2n) is 7.74. The molecule has 5 heteroatoms. The molecule has 1 aromatic carbocycles. The quantitative estimate of drug-likeness (QED) is 0.825. The van der Waals surface area contributed by atoms with Crippen molar-refractivity contribution in [2.45, 2.75) is 33.1 Å². The van der Waals surface area contributed by atoms with Crippen LogP contribution in [0.5, 0.6) is 0 Å². The Bertz CT molecular complexity index is 630. The van der Waals surface area contributed by atoms with Crippen LogP contribution in [-0.4, -0.2) is 47.8 Å². The number of hydrogen-bond donors (Lipinski definition) is 0. The molecule has 25 heavy (non-hydrogen) atoms. The van der Waals surface area contributed by atoms with Gasteiger partial charge in [0, 0.05) is 32.1 Å². The fourth-order valence-electron chi connectivity index (χ4n) is 4.24. The van der Waals surface area contributed by atoms with Gasteiger partial charge in [-0.15, -0.1) is 0 Å². The number of hydrogen-bond acceptors (Lipinski definition) is 2. The number of likely N-dealkylation sites (tertiary alicyclic amines) is 2. The third-order valence-corrected chi connectivity index (χ3v) is 5.42. The van der Waals surface area contributed by atoms with Gasteiger partial charge in [-0.3, -0.25) is 9.59 Å². The van der Waals surface area contributed by atoms with Crippen molar-refractivity contribution in [2.75, 3.05) is 26.2 Å². The van der Waals surface area contributed by atoms with Crippen LogP contribution in [0.15, 0.2) is 24.3 Å². The molecule has 2 aliphatic heterocycles. The third kappa shape index (κ3) is 4.02. The Morgan fingerprint density at radius 2 is 1.60 bits per heavy atom. The number of amides is 2. The van der Waals surface area contributed by atoms with Gasteiger partial charge in [-0.05, 0) is 43.2 Å². The Morgan fingerprint density at radius 1 is 1.00 bits per heavy atom. The number of carbonyl (C=O) groups is 2. The summed E-state index contributed by atoms with van der Waals surface area (Å²) in [7, 11) is 0. The van der Waals surface area contributed by atoms with Gasteiger partial charge in [0.15, 0.2) is 0 Å². The first-order valence-corrected chi connectivity index (χ1v) is 9.28. The molecule has 0 saturated carbocycles. The fraction of sp³-hybridized carbons (Fsp3) is 0.600. The summed E-state index contributed by atoms with van der Waals surface area (Å²) in [6.45, 7) is 7.12. The highest BCUT2D eigenvalue weighted by Gasteiger charge is 2.33. The fourth-order valence-corrected chi connectivity index (χ4v) is 4.24. The molecule has 2 saturated heterocycles. The summed E-state index contributed by atoms with van der Waals surface area (Å²) in [5.74, 6) is 0.565. The van der Waals surface area contributed by atoms with Crippen molar-refractivity contribution >= 4 is 11.8 Å². The van der Waals surface area contributed by atoms with E-state index in [1.807, 2.05) is 4.90 Å². The maximum Gasteiger partial charge on any atom is 0.256 e. The first-order chi connectivity index (χ1) is 12.0. The predicted octanol–water partition coefficient (Wildman–Crippen LogP) is 3.18. The van der Waals surface area contributed by atoms with Gasteiger partial charge in [-0.25, -0.2) is 4.39 Å². The molecular formula is C20H27FN2O2. The van der Waals surface area contributed by atoms with E-state index in [-0.39, 0.29) is 23.3 Å². The van der Waals surface area contributed by atoms with Gasteiger partial charge in [0.25, 0.3) is 5.91 Å². The van der Waals surface area contributed by atoms with E-state index in [1.165, 1.54) is 18.6 Å². The molecule has 2 atom stereocenters. The van der Waals surface area contributed by atoms with Crippen molar-refractivity contribution < 1.29 is 14.0 Å². The summed E-state index contributed by atoms with van der Waals surface area (Å²) >= 11 is 0. The number of rotatable bonds is 2. The van der Waals surface area contributed by atoms with Crippen molar-refractivity contribution in [3.05, 3.63) is 35.6 Å². The molecule has 0 radical (unpaired) electrons. The molecule has 0 bridgehead atoms. The van der Waals surface area contributed by atoms with Crippen LogP contribution in [0.4, 0.5) is 4.39 Å². The Labute approximate surface area is 149 Å². The summed E-state index contributed by atoms with van der Waals surface area (Å²) in [6, 6.07) is 6.08. The maximum absolute atomic E-state index is 13.8. The van der Waals surface area contributed by atoms with Crippen LogP contribution in [0.2, 0.25) is 0 Å². The largest absolute Gasteiger partial charge is 0.342 e. The lowest BCUT2D eigenvalue weighted by molar-refractivity contribution is -0.139. The summed E-state index contributed by atoms with van der Waals surface area (Å²) in [4.78, 5) is 29.0. The van der Waals surface area contributed by atoms with Crippen LogP contribution in [0.3, 0.4) is 0 Å². The topological polar surface area (TPSA) is 40.6 Å². The first kappa shape index (κ1) is 17.9. The highest BCUT2D eigenvalue weighted by Crippen LogP contribution is 2.26. The van der Waals surface area contributed by atoms with Crippen molar-refractivity contribution in [3.8, 4) is 0 Å².